The standard InChI is InChI=1S/C14H13ClN2S/c15-14-7-6-13(18-14)10-17-9-12(8-16)11-4-2-1-3-5-11/h1-7,12,17H,9-10H2. The van der Waals surface area contributed by atoms with Crippen molar-refractivity contribution in [1.29, 1.82) is 5.26 Å². The third-order valence-electron chi connectivity index (χ3n) is 2.63. The minimum absolute atomic E-state index is 0.110. The van der Waals surface area contributed by atoms with E-state index in [0.29, 0.717) is 6.54 Å². The highest BCUT2D eigenvalue weighted by Crippen LogP contribution is 2.21. The molecule has 4 heteroatoms. The molecular weight excluding hydrogens is 264 g/mol. The fourth-order valence-electron chi connectivity index (χ4n) is 1.71. The molecule has 1 aromatic carbocycles. The summed E-state index contributed by atoms with van der Waals surface area (Å²) < 4.78 is 0.798. The first-order chi connectivity index (χ1) is 8.79. The lowest BCUT2D eigenvalue weighted by Crippen LogP contribution is -2.19. The molecule has 1 unspecified atom stereocenters. The van der Waals surface area contributed by atoms with E-state index in [2.05, 4.69) is 11.4 Å². The van der Waals surface area contributed by atoms with E-state index < -0.39 is 0 Å². The Kier molecular flexibility index (Phi) is 4.77. The smallest absolute Gasteiger partial charge is 0.0931 e. The molecule has 0 aliphatic carbocycles. The molecule has 0 amide bonds. The first-order valence-corrected chi connectivity index (χ1v) is 6.88. The van der Waals surface area contributed by atoms with Gasteiger partial charge in [-0.05, 0) is 17.7 Å². The van der Waals surface area contributed by atoms with Crippen LogP contribution in [0.1, 0.15) is 16.4 Å². The third-order valence-corrected chi connectivity index (χ3v) is 3.87. The van der Waals surface area contributed by atoms with Crippen molar-refractivity contribution in [2.45, 2.75) is 12.5 Å². The third kappa shape index (κ3) is 3.58. The van der Waals surface area contributed by atoms with Gasteiger partial charge >= 0.3 is 0 Å². The van der Waals surface area contributed by atoms with Gasteiger partial charge in [-0.3, -0.25) is 0 Å². The number of thiophene rings is 1. The second-order valence-corrected chi connectivity index (χ2v) is 5.73. The summed E-state index contributed by atoms with van der Waals surface area (Å²) in [6, 6.07) is 16.1. The zero-order chi connectivity index (χ0) is 12.8. The van der Waals surface area contributed by atoms with Crippen LogP contribution in [0.3, 0.4) is 0 Å². The van der Waals surface area contributed by atoms with Crippen molar-refractivity contribution in [3.63, 3.8) is 0 Å². The molecule has 0 bridgehead atoms. The Morgan fingerprint density at radius 3 is 2.61 bits per heavy atom. The maximum absolute atomic E-state index is 9.17. The van der Waals surface area contributed by atoms with Crippen molar-refractivity contribution in [2.24, 2.45) is 0 Å². The van der Waals surface area contributed by atoms with Gasteiger partial charge in [-0.15, -0.1) is 11.3 Å². The molecule has 0 aliphatic heterocycles. The van der Waals surface area contributed by atoms with Gasteiger partial charge in [0.2, 0.25) is 0 Å². The Labute approximate surface area is 116 Å². The van der Waals surface area contributed by atoms with Crippen LogP contribution in [0.15, 0.2) is 42.5 Å². The van der Waals surface area contributed by atoms with Gasteiger partial charge in [-0.1, -0.05) is 41.9 Å². The quantitative estimate of drug-likeness (QED) is 0.902. The van der Waals surface area contributed by atoms with Gasteiger partial charge in [-0.2, -0.15) is 5.26 Å². The molecule has 18 heavy (non-hydrogen) atoms. The lowest BCUT2D eigenvalue weighted by molar-refractivity contribution is 0.657. The van der Waals surface area contributed by atoms with E-state index in [0.717, 1.165) is 16.4 Å². The Morgan fingerprint density at radius 2 is 2.00 bits per heavy atom. The number of hydrogen-bond donors (Lipinski definition) is 1. The maximum atomic E-state index is 9.17. The lowest BCUT2D eigenvalue weighted by atomic mass is 10.0. The largest absolute Gasteiger partial charge is 0.310 e. The van der Waals surface area contributed by atoms with Crippen molar-refractivity contribution >= 4 is 22.9 Å². The van der Waals surface area contributed by atoms with Gasteiger partial charge in [0.05, 0.1) is 16.3 Å². The first kappa shape index (κ1) is 13.1. The number of nitrogens with one attached hydrogen (secondary N) is 1. The highest BCUT2D eigenvalue weighted by atomic mass is 35.5. The SMILES string of the molecule is N#CC(CNCc1ccc(Cl)s1)c1ccccc1. The van der Waals surface area contributed by atoms with Gasteiger partial charge in [0, 0.05) is 18.0 Å². The summed E-state index contributed by atoms with van der Waals surface area (Å²) >= 11 is 7.43. The molecule has 0 saturated carbocycles. The van der Waals surface area contributed by atoms with E-state index in [9.17, 15) is 5.26 Å². The molecule has 2 nitrogen and oxygen atoms in total. The van der Waals surface area contributed by atoms with Gasteiger partial charge in [0.15, 0.2) is 0 Å². The summed E-state index contributed by atoms with van der Waals surface area (Å²) in [7, 11) is 0. The molecule has 0 saturated heterocycles. The summed E-state index contributed by atoms with van der Waals surface area (Å²) in [6.45, 7) is 1.40. The van der Waals surface area contributed by atoms with E-state index >= 15 is 0 Å². The Hall–Kier alpha value is -1.34. The number of hydrogen-bond acceptors (Lipinski definition) is 3. The fourth-order valence-corrected chi connectivity index (χ4v) is 2.77. The van der Waals surface area contributed by atoms with Crippen LogP contribution in [-0.4, -0.2) is 6.54 Å². The predicted molar refractivity (Wildman–Crippen MR) is 75.8 cm³/mol. The molecule has 0 radical (unpaired) electrons. The zero-order valence-corrected chi connectivity index (χ0v) is 11.3. The van der Waals surface area contributed by atoms with Gasteiger partial charge < -0.3 is 5.32 Å². The molecular formula is C14H13ClN2S. The summed E-state index contributed by atoms with van der Waals surface area (Å²) in [4.78, 5) is 1.18. The van der Waals surface area contributed by atoms with Crippen molar-refractivity contribution < 1.29 is 0 Å². The summed E-state index contributed by atoms with van der Waals surface area (Å²) in [5, 5.41) is 12.5. The van der Waals surface area contributed by atoms with Crippen LogP contribution < -0.4 is 5.32 Å². The average Bonchev–Trinajstić information content (AvgIpc) is 2.81. The first-order valence-electron chi connectivity index (χ1n) is 5.69. The van der Waals surface area contributed by atoms with E-state index in [1.54, 1.807) is 11.3 Å². The molecule has 1 atom stereocenters. The van der Waals surface area contributed by atoms with Gasteiger partial charge in [-0.25, -0.2) is 0 Å². The molecule has 1 N–H and O–H groups in total. The minimum atomic E-state index is -0.110. The molecule has 2 rings (SSSR count). The van der Waals surface area contributed by atoms with E-state index in [4.69, 9.17) is 11.6 Å². The summed E-state index contributed by atoms with van der Waals surface area (Å²) in [5.74, 6) is -0.110. The fraction of sp³-hybridized carbons (Fsp3) is 0.214. The normalized spacial score (nSPS) is 12.0. The average molecular weight is 277 g/mol. The lowest BCUT2D eigenvalue weighted by Gasteiger charge is -2.10. The van der Waals surface area contributed by atoms with Crippen LogP contribution in [0.2, 0.25) is 4.34 Å². The summed E-state index contributed by atoms with van der Waals surface area (Å²) in [5.41, 5.74) is 1.05. The molecule has 0 spiro atoms. The molecule has 0 aliphatic rings. The second-order valence-electron chi connectivity index (χ2n) is 3.93. The number of nitriles is 1. The monoisotopic (exact) mass is 276 g/mol. The highest BCUT2D eigenvalue weighted by Gasteiger charge is 2.09. The van der Waals surface area contributed by atoms with Crippen molar-refractivity contribution in [3.05, 3.63) is 57.2 Å². The second kappa shape index (κ2) is 6.55. The maximum Gasteiger partial charge on any atom is 0.0931 e. The minimum Gasteiger partial charge on any atom is -0.310 e. The van der Waals surface area contributed by atoms with Crippen molar-refractivity contribution in [2.75, 3.05) is 6.54 Å². The van der Waals surface area contributed by atoms with Crippen LogP contribution in [0, 0.1) is 11.3 Å². The molecule has 2 aromatic rings. The van der Waals surface area contributed by atoms with E-state index in [1.807, 2.05) is 42.5 Å². The summed E-state index contributed by atoms with van der Waals surface area (Å²) in [6.07, 6.45) is 0. The van der Waals surface area contributed by atoms with Crippen LogP contribution in [0.5, 0.6) is 0 Å². The van der Waals surface area contributed by atoms with Gasteiger partial charge in [0.25, 0.3) is 0 Å². The number of halogens is 1. The van der Waals surface area contributed by atoms with Crippen LogP contribution in [-0.2, 0) is 6.54 Å². The van der Waals surface area contributed by atoms with Crippen LogP contribution in [0.4, 0.5) is 0 Å². The molecule has 0 fully saturated rings. The van der Waals surface area contributed by atoms with Crippen molar-refractivity contribution in [1.82, 2.24) is 5.32 Å². The Morgan fingerprint density at radius 1 is 1.22 bits per heavy atom. The number of benzene rings is 1. The number of rotatable bonds is 5. The Balaban J connectivity index is 1.87. The molecule has 1 aromatic heterocycles. The predicted octanol–water partition coefficient (Wildman–Crippen LogP) is 3.80. The van der Waals surface area contributed by atoms with Crippen LogP contribution >= 0.6 is 22.9 Å². The van der Waals surface area contributed by atoms with Gasteiger partial charge in [0.1, 0.15) is 0 Å². The number of nitrogens with zero attached hydrogens (tertiary/aromatic N) is 1. The van der Waals surface area contributed by atoms with Crippen LogP contribution in [0.25, 0.3) is 0 Å². The molecule has 1 heterocycles. The van der Waals surface area contributed by atoms with E-state index in [1.165, 1.54) is 4.88 Å². The Bertz CT molecular complexity index is 530. The molecule has 92 valence electrons. The topological polar surface area (TPSA) is 35.8 Å². The zero-order valence-electron chi connectivity index (χ0n) is 9.77. The highest BCUT2D eigenvalue weighted by molar-refractivity contribution is 7.16. The van der Waals surface area contributed by atoms with E-state index in [-0.39, 0.29) is 5.92 Å². The van der Waals surface area contributed by atoms with Crippen molar-refractivity contribution in [3.8, 4) is 6.07 Å².